The average Bonchev–Trinajstić information content (AvgIpc) is 3.12. The SMILES string of the molecule is COC1=C(C)C(=O)O/C1=C1\O[C@@]23CCCN4C(=O)CC[C@@H](O2)[C@H]4[C@H]3[C@@H]1C. The van der Waals surface area contributed by atoms with E-state index in [1.165, 1.54) is 7.11 Å². The number of cyclic esters (lactones) is 1. The number of hydrogen-bond acceptors (Lipinski definition) is 6. The molecule has 5 heterocycles. The third-order valence-electron chi connectivity index (χ3n) is 6.57. The van der Waals surface area contributed by atoms with Gasteiger partial charge in [-0.2, -0.15) is 0 Å². The maximum atomic E-state index is 12.5. The molecule has 0 aromatic carbocycles. The molecule has 0 saturated carbocycles. The summed E-state index contributed by atoms with van der Waals surface area (Å²) in [5.74, 6) is 0.471. The van der Waals surface area contributed by atoms with Crippen LogP contribution < -0.4 is 0 Å². The molecule has 140 valence electrons. The van der Waals surface area contributed by atoms with Crippen molar-refractivity contribution in [1.29, 1.82) is 0 Å². The molecule has 0 aromatic rings. The summed E-state index contributed by atoms with van der Waals surface area (Å²) in [5.41, 5.74) is 0.442. The van der Waals surface area contributed by atoms with Crippen LogP contribution in [0.5, 0.6) is 0 Å². The van der Waals surface area contributed by atoms with Crippen LogP contribution in [0.3, 0.4) is 0 Å². The van der Waals surface area contributed by atoms with Gasteiger partial charge in [0.1, 0.15) is 5.76 Å². The second-order valence-corrected chi connectivity index (χ2v) is 7.85. The number of allylic oxidation sites excluding steroid dienone is 1. The number of piperidine rings is 1. The van der Waals surface area contributed by atoms with Crippen molar-refractivity contribution < 1.29 is 28.5 Å². The Kier molecular flexibility index (Phi) is 3.27. The van der Waals surface area contributed by atoms with E-state index in [1.54, 1.807) is 6.92 Å². The van der Waals surface area contributed by atoms with E-state index in [4.69, 9.17) is 18.9 Å². The second kappa shape index (κ2) is 5.25. The van der Waals surface area contributed by atoms with Crippen LogP contribution in [-0.2, 0) is 28.5 Å². The smallest absolute Gasteiger partial charge is 0.343 e. The zero-order valence-electron chi connectivity index (χ0n) is 15.2. The molecule has 4 fully saturated rings. The van der Waals surface area contributed by atoms with Gasteiger partial charge < -0.3 is 23.8 Å². The number of rotatable bonds is 1. The zero-order chi connectivity index (χ0) is 18.2. The Balaban J connectivity index is 1.60. The van der Waals surface area contributed by atoms with E-state index >= 15 is 0 Å². The van der Waals surface area contributed by atoms with Crippen LogP contribution in [0.25, 0.3) is 0 Å². The molecule has 1 amide bonds. The van der Waals surface area contributed by atoms with Crippen molar-refractivity contribution in [1.82, 2.24) is 4.90 Å². The number of carbonyl (C=O) groups excluding carboxylic acids is 2. The van der Waals surface area contributed by atoms with Gasteiger partial charge in [0, 0.05) is 25.3 Å². The van der Waals surface area contributed by atoms with Crippen LogP contribution in [0.4, 0.5) is 0 Å². The summed E-state index contributed by atoms with van der Waals surface area (Å²) in [7, 11) is 1.52. The van der Waals surface area contributed by atoms with Gasteiger partial charge in [0.25, 0.3) is 0 Å². The molecule has 5 aliphatic heterocycles. The van der Waals surface area contributed by atoms with Gasteiger partial charge in [0.05, 0.1) is 30.7 Å². The summed E-state index contributed by atoms with van der Waals surface area (Å²) in [6, 6.07) is 0.0278. The van der Waals surface area contributed by atoms with Crippen molar-refractivity contribution in [2.24, 2.45) is 11.8 Å². The van der Waals surface area contributed by atoms with Crippen LogP contribution >= 0.6 is 0 Å². The topological polar surface area (TPSA) is 74.3 Å². The van der Waals surface area contributed by atoms with E-state index in [0.717, 1.165) is 25.8 Å². The molecular formula is C19H23NO6. The van der Waals surface area contributed by atoms with E-state index in [9.17, 15) is 9.59 Å². The Morgan fingerprint density at radius 3 is 2.88 bits per heavy atom. The minimum absolute atomic E-state index is 0.0253. The summed E-state index contributed by atoms with van der Waals surface area (Å²) in [6.07, 6.45) is 2.88. The van der Waals surface area contributed by atoms with Crippen molar-refractivity contribution in [3.05, 3.63) is 22.9 Å². The van der Waals surface area contributed by atoms with Gasteiger partial charge in [-0.15, -0.1) is 0 Å². The lowest BCUT2D eigenvalue weighted by Gasteiger charge is -2.39. The van der Waals surface area contributed by atoms with Crippen LogP contribution in [0, 0.1) is 11.8 Å². The van der Waals surface area contributed by atoms with Gasteiger partial charge in [-0.25, -0.2) is 4.79 Å². The molecule has 5 rings (SSSR count). The molecule has 4 saturated heterocycles. The second-order valence-electron chi connectivity index (χ2n) is 7.85. The van der Waals surface area contributed by atoms with Crippen molar-refractivity contribution in [3.63, 3.8) is 0 Å². The molecule has 0 aliphatic carbocycles. The molecule has 7 nitrogen and oxygen atoms in total. The predicted molar refractivity (Wildman–Crippen MR) is 88.1 cm³/mol. The van der Waals surface area contributed by atoms with E-state index in [0.29, 0.717) is 29.3 Å². The highest BCUT2D eigenvalue weighted by Crippen LogP contribution is 2.59. The van der Waals surface area contributed by atoms with Crippen molar-refractivity contribution >= 4 is 11.9 Å². The van der Waals surface area contributed by atoms with Gasteiger partial charge in [-0.3, -0.25) is 4.79 Å². The third-order valence-corrected chi connectivity index (χ3v) is 6.57. The Hall–Kier alpha value is -2.02. The van der Waals surface area contributed by atoms with Crippen LogP contribution in [-0.4, -0.2) is 48.4 Å². The lowest BCUT2D eigenvalue weighted by Crippen LogP contribution is -2.52. The number of hydrogen-bond donors (Lipinski definition) is 0. The highest BCUT2D eigenvalue weighted by atomic mass is 16.7. The van der Waals surface area contributed by atoms with E-state index in [2.05, 4.69) is 6.92 Å². The lowest BCUT2D eigenvalue weighted by atomic mass is 9.79. The number of carbonyl (C=O) groups is 2. The quantitative estimate of drug-likeness (QED) is 0.664. The monoisotopic (exact) mass is 361 g/mol. The fourth-order valence-corrected chi connectivity index (χ4v) is 5.49. The number of amides is 1. The normalized spacial score (nSPS) is 44.0. The molecule has 2 bridgehead atoms. The number of nitrogens with zero attached hydrogens (tertiary/aromatic N) is 1. The highest BCUT2D eigenvalue weighted by Gasteiger charge is 2.68. The van der Waals surface area contributed by atoms with Gasteiger partial charge in [-0.05, 0) is 19.8 Å². The molecule has 5 aliphatic rings. The van der Waals surface area contributed by atoms with E-state index < -0.39 is 11.8 Å². The fourth-order valence-electron chi connectivity index (χ4n) is 5.49. The molecule has 0 aromatic heterocycles. The first-order chi connectivity index (χ1) is 12.5. The maximum Gasteiger partial charge on any atom is 0.343 e. The van der Waals surface area contributed by atoms with Crippen molar-refractivity contribution in [2.45, 2.75) is 57.5 Å². The summed E-state index contributed by atoms with van der Waals surface area (Å²) in [6.45, 7) is 4.51. The molecule has 0 N–H and O–H groups in total. The Morgan fingerprint density at radius 2 is 2.12 bits per heavy atom. The minimum Gasteiger partial charge on any atom is -0.492 e. The van der Waals surface area contributed by atoms with Gasteiger partial charge in [-0.1, -0.05) is 6.92 Å². The average molecular weight is 361 g/mol. The van der Waals surface area contributed by atoms with E-state index in [-0.39, 0.29) is 29.9 Å². The summed E-state index contributed by atoms with van der Waals surface area (Å²) in [5, 5.41) is 0. The van der Waals surface area contributed by atoms with E-state index in [1.807, 2.05) is 4.90 Å². The largest absolute Gasteiger partial charge is 0.492 e. The van der Waals surface area contributed by atoms with Crippen molar-refractivity contribution in [2.75, 3.05) is 13.7 Å². The Bertz CT molecular complexity index is 770. The molecule has 0 radical (unpaired) electrons. The Labute approximate surface area is 151 Å². The molecule has 0 spiro atoms. The molecule has 0 unspecified atom stereocenters. The number of esters is 1. The van der Waals surface area contributed by atoms with Crippen LogP contribution in [0.2, 0.25) is 0 Å². The Morgan fingerprint density at radius 1 is 1.31 bits per heavy atom. The molecule has 7 heteroatoms. The minimum atomic E-state index is -0.738. The molecule has 26 heavy (non-hydrogen) atoms. The van der Waals surface area contributed by atoms with Gasteiger partial charge in [0.15, 0.2) is 5.76 Å². The zero-order valence-corrected chi connectivity index (χ0v) is 15.2. The van der Waals surface area contributed by atoms with Crippen LogP contribution in [0.15, 0.2) is 22.9 Å². The summed E-state index contributed by atoms with van der Waals surface area (Å²) >= 11 is 0. The molecular weight excluding hydrogens is 338 g/mol. The van der Waals surface area contributed by atoms with Crippen LogP contribution in [0.1, 0.15) is 39.5 Å². The highest BCUT2D eigenvalue weighted by molar-refractivity contribution is 5.93. The fraction of sp³-hybridized carbons (Fsp3) is 0.684. The summed E-state index contributed by atoms with van der Waals surface area (Å²) < 4.78 is 23.7. The first kappa shape index (κ1) is 16.2. The van der Waals surface area contributed by atoms with Crippen molar-refractivity contribution in [3.8, 4) is 0 Å². The summed E-state index contributed by atoms with van der Waals surface area (Å²) in [4.78, 5) is 26.5. The third kappa shape index (κ3) is 1.87. The maximum absolute atomic E-state index is 12.5. The molecule has 5 atom stereocenters. The first-order valence-corrected chi connectivity index (χ1v) is 9.35. The number of ether oxygens (including phenoxy) is 4. The lowest BCUT2D eigenvalue weighted by molar-refractivity contribution is -0.211. The standard InChI is InChI=1S/C19H23NO6/c1-9-13-14-11-5-6-12(21)20(14)8-4-7-19(13,25-11)26-16(9)17-15(23-3)10(2)18(22)24-17/h9,11,13-14H,4-8H2,1-3H3/b17-16-/t9-,11+,13+,14-,19+/m0/s1. The van der Waals surface area contributed by atoms with Gasteiger partial charge >= 0.3 is 5.97 Å². The first-order valence-electron chi connectivity index (χ1n) is 9.35. The van der Waals surface area contributed by atoms with Gasteiger partial charge in [0.2, 0.25) is 17.5 Å². The number of methoxy groups -OCH3 is 1. The predicted octanol–water partition coefficient (Wildman–Crippen LogP) is 1.84.